The van der Waals surface area contributed by atoms with Crippen molar-refractivity contribution in [2.24, 2.45) is 0 Å². The van der Waals surface area contributed by atoms with Crippen molar-refractivity contribution in [2.75, 3.05) is 5.32 Å². The molecule has 1 amide bonds. The Balaban J connectivity index is 1.55. The van der Waals surface area contributed by atoms with E-state index in [4.69, 9.17) is 4.74 Å². The molecule has 0 saturated heterocycles. The molecule has 0 aliphatic rings. The smallest absolute Gasteiger partial charge is 0.270 e. The molecule has 0 spiro atoms. The van der Waals surface area contributed by atoms with Gasteiger partial charge in [0.05, 0.1) is 30.2 Å². The van der Waals surface area contributed by atoms with Gasteiger partial charge < -0.3 is 15.4 Å². The van der Waals surface area contributed by atoms with Gasteiger partial charge in [-0.15, -0.1) is 0 Å². The fourth-order valence-electron chi connectivity index (χ4n) is 2.42. The lowest BCUT2D eigenvalue weighted by Gasteiger charge is -2.11. The van der Waals surface area contributed by atoms with Gasteiger partial charge in [0.2, 0.25) is 0 Å². The summed E-state index contributed by atoms with van der Waals surface area (Å²) in [6, 6.07) is 16.8. The zero-order chi connectivity index (χ0) is 19.1. The minimum absolute atomic E-state index is 0.143. The van der Waals surface area contributed by atoms with Crippen molar-refractivity contribution in [1.29, 1.82) is 0 Å². The number of carbonyl (C=O) groups is 1. The summed E-state index contributed by atoms with van der Waals surface area (Å²) in [5, 5.41) is 6.06. The highest BCUT2D eigenvalue weighted by Gasteiger charge is 2.07. The Hall–Kier alpha value is -3.41. The maximum Gasteiger partial charge on any atom is 0.270 e. The van der Waals surface area contributed by atoms with Crippen molar-refractivity contribution in [3.8, 4) is 5.75 Å². The van der Waals surface area contributed by atoms with Crippen LogP contribution in [0.3, 0.4) is 0 Å². The third-order valence-corrected chi connectivity index (χ3v) is 3.67. The van der Waals surface area contributed by atoms with Crippen LogP contribution in [0.2, 0.25) is 0 Å². The summed E-state index contributed by atoms with van der Waals surface area (Å²) < 4.78 is 5.63. The topological polar surface area (TPSA) is 76.1 Å². The third-order valence-electron chi connectivity index (χ3n) is 3.67. The summed E-state index contributed by atoms with van der Waals surface area (Å²) in [5.41, 5.74) is 2.88. The van der Waals surface area contributed by atoms with Crippen LogP contribution in [-0.2, 0) is 6.54 Å². The van der Waals surface area contributed by atoms with Crippen LogP contribution in [0.5, 0.6) is 5.75 Å². The van der Waals surface area contributed by atoms with E-state index in [1.54, 1.807) is 18.5 Å². The van der Waals surface area contributed by atoms with Crippen molar-refractivity contribution in [1.82, 2.24) is 15.3 Å². The van der Waals surface area contributed by atoms with Crippen LogP contribution >= 0.6 is 0 Å². The standard InChI is InChI=1S/C21H22N4O2/c1-15(2)27-19-9-6-16(7-10-19)25-18-8-11-20(23-14-18)21(26)24-13-17-5-3-4-12-22-17/h3-12,14-15,25H,13H2,1-2H3,(H,24,26). The molecule has 0 aliphatic carbocycles. The number of hydrogen-bond acceptors (Lipinski definition) is 5. The summed E-state index contributed by atoms with van der Waals surface area (Å²) in [6.07, 6.45) is 3.47. The van der Waals surface area contributed by atoms with Crippen LogP contribution < -0.4 is 15.4 Å². The second-order valence-corrected chi connectivity index (χ2v) is 6.25. The van der Waals surface area contributed by atoms with Gasteiger partial charge in [0.15, 0.2) is 0 Å². The first-order valence-corrected chi connectivity index (χ1v) is 8.78. The highest BCUT2D eigenvalue weighted by Crippen LogP contribution is 2.20. The minimum atomic E-state index is -0.234. The summed E-state index contributed by atoms with van der Waals surface area (Å²) in [5.74, 6) is 0.594. The van der Waals surface area contributed by atoms with Crippen molar-refractivity contribution < 1.29 is 9.53 Å². The molecule has 27 heavy (non-hydrogen) atoms. The molecule has 0 aliphatic heterocycles. The van der Waals surface area contributed by atoms with E-state index in [9.17, 15) is 4.79 Å². The molecule has 6 heteroatoms. The summed E-state index contributed by atoms with van der Waals surface area (Å²) in [7, 11) is 0. The van der Waals surface area contributed by atoms with Crippen molar-refractivity contribution in [3.05, 3.63) is 78.4 Å². The number of benzene rings is 1. The fraction of sp³-hybridized carbons (Fsp3) is 0.190. The number of anilines is 2. The molecule has 3 rings (SSSR count). The number of carbonyl (C=O) groups excluding carboxylic acids is 1. The van der Waals surface area contributed by atoms with Gasteiger partial charge in [0.25, 0.3) is 5.91 Å². The second-order valence-electron chi connectivity index (χ2n) is 6.25. The molecule has 0 saturated carbocycles. The first-order valence-electron chi connectivity index (χ1n) is 8.78. The van der Waals surface area contributed by atoms with E-state index in [2.05, 4.69) is 20.6 Å². The van der Waals surface area contributed by atoms with Gasteiger partial charge in [-0.1, -0.05) is 6.07 Å². The van der Waals surface area contributed by atoms with E-state index < -0.39 is 0 Å². The molecule has 3 aromatic rings. The Kier molecular flexibility index (Phi) is 5.99. The number of hydrogen-bond donors (Lipinski definition) is 2. The minimum Gasteiger partial charge on any atom is -0.491 e. The molecule has 1 aromatic carbocycles. The Labute approximate surface area is 158 Å². The number of pyridine rings is 2. The molecule has 138 valence electrons. The number of amides is 1. The number of rotatable bonds is 7. The number of ether oxygens (including phenoxy) is 1. The van der Waals surface area contributed by atoms with E-state index in [0.29, 0.717) is 12.2 Å². The van der Waals surface area contributed by atoms with Gasteiger partial charge in [-0.25, -0.2) is 4.98 Å². The molecule has 2 aromatic heterocycles. The predicted octanol–water partition coefficient (Wildman–Crippen LogP) is 3.94. The Bertz CT molecular complexity index is 863. The van der Waals surface area contributed by atoms with Gasteiger partial charge >= 0.3 is 0 Å². The van der Waals surface area contributed by atoms with E-state index in [1.165, 1.54) is 0 Å². The van der Waals surface area contributed by atoms with Crippen LogP contribution in [0.25, 0.3) is 0 Å². The first kappa shape index (κ1) is 18.4. The highest BCUT2D eigenvalue weighted by molar-refractivity contribution is 5.92. The number of nitrogens with zero attached hydrogens (tertiary/aromatic N) is 2. The molecular formula is C21H22N4O2. The van der Waals surface area contributed by atoms with Crippen LogP contribution in [-0.4, -0.2) is 22.0 Å². The lowest BCUT2D eigenvalue weighted by atomic mass is 10.2. The fourth-order valence-corrected chi connectivity index (χ4v) is 2.42. The second kappa shape index (κ2) is 8.80. The van der Waals surface area contributed by atoms with Gasteiger partial charge in [-0.05, 0) is 62.4 Å². The summed E-state index contributed by atoms with van der Waals surface area (Å²) >= 11 is 0. The quantitative estimate of drug-likeness (QED) is 0.666. The summed E-state index contributed by atoms with van der Waals surface area (Å²) in [6.45, 7) is 4.35. The van der Waals surface area contributed by atoms with Gasteiger partial charge in [-0.3, -0.25) is 9.78 Å². The van der Waals surface area contributed by atoms with Gasteiger partial charge in [0.1, 0.15) is 11.4 Å². The predicted molar refractivity (Wildman–Crippen MR) is 105 cm³/mol. The molecule has 6 nitrogen and oxygen atoms in total. The Morgan fingerprint density at radius 3 is 2.41 bits per heavy atom. The first-order chi connectivity index (χ1) is 13.1. The number of nitrogens with one attached hydrogen (secondary N) is 2. The van der Waals surface area contributed by atoms with Crippen molar-refractivity contribution in [3.63, 3.8) is 0 Å². The normalized spacial score (nSPS) is 10.5. The van der Waals surface area contributed by atoms with Crippen LogP contribution in [0.15, 0.2) is 67.0 Å². The molecule has 2 heterocycles. The average Bonchev–Trinajstić information content (AvgIpc) is 2.69. The van der Waals surface area contributed by atoms with Gasteiger partial charge in [0, 0.05) is 11.9 Å². The third kappa shape index (κ3) is 5.54. The number of aromatic nitrogens is 2. The molecule has 0 atom stereocenters. The Morgan fingerprint density at radius 1 is 1.00 bits per heavy atom. The molecule has 0 unspecified atom stereocenters. The molecule has 0 bridgehead atoms. The van der Waals surface area contributed by atoms with E-state index >= 15 is 0 Å². The van der Waals surface area contributed by atoms with Crippen LogP contribution in [0.1, 0.15) is 30.0 Å². The maximum atomic E-state index is 12.2. The van der Waals surface area contributed by atoms with E-state index in [1.807, 2.05) is 62.4 Å². The monoisotopic (exact) mass is 362 g/mol. The zero-order valence-corrected chi connectivity index (χ0v) is 15.3. The SMILES string of the molecule is CC(C)Oc1ccc(Nc2ccc(C(=O)NCc3ccccn3)nc2)cc1. The molecule has 0 radical (unpaired) electrons. The average molecular weight is 362 g/mol. The van der Waals surface area contributed by atoms with E-state index in [-0.39, 0.29) is 12.0 Å². The maximum absolute atomic E-state index is 12.2. The van der Waals surface area contributed by atoms with Crippen LogP contribution in [0, 0.1) is 0 Å². The summed E-state index contributed by atoms with van der Waals surface area (Å²) in [4.78, 5) is 20.6. The van der Waals surface area contributed by atoms with Crippen LogP contribution in [0.4, 0.5) is 11.4 Å². The highest BCUT2D eigenvalue weighted by atomic mass is 16.5. The lowest BCUT2D eigenvalue weighted by Crippen LogP contribution is -2.24. The van der Waals surface area contributed by atoms with E-state index in [0.717, 1.165) is 22.8 Å². The largest absolute Gasteiger partial charge is 0.491 e. The Morgan fingerprint density at radius 2 is 1.78 bits per heavy atom. The molecule has 0 fully saturated rings. The molecule has 2 N–H and O–H groups in total. The molecular weight excluding hydrogens is 340 g/mol. The zero-order valence-electron chi connectivity index (χ0n) is 15.3. The lowest BCUT2D eigenvalue weighted by molar-refractivity contribution is 0.0945. The van der Waals surface area contributed by atoms with Gasteiger partial charge in [-0.2, -0.15) is 0 Å². The van der Waals surface area contributed by atoms with Crippen molar-refractivity contribution >= 4 is 17.3 Å². The van der Waals surface area contributed by atoms with Crippen molar-refractivity contribution in [2.45, 2.75) is 26.5 Å².